The topological polar surface area (TPSA) is 499 Å². The van der Waals surface area contributed by atoms with Crippen molar-refractivity contribution >= 4 is 54.9 Å². The van der Waals surface area contributed by atoms with Crippen molar-refractivity contribution in [1.29, 1.82) is 0 Å². The Hall–Kier alpha value is -3.29. The summed E-state index contributed by atoms with van der Waals surface area (Å²) in [6, 6.07) is -3.67. The van der Waals surface area contributed by atoms with Crippen molar-refractivity contribution in [3.63, 3.8) is 0 Å². The molecule has 0 spiro atoms. The van der Waals surface area contributed by atoms with E-state index in [0.29, 0.717) is 0 Å². The van der Waals surface area contributed by atoms with Crippen LogP contribution in [0.15, 0.2) is 12.7 Å². The molecule has 33 nitrogen and oxygen atoms in total. The average molecular weight is 1050 g/mol. The first-order valence-corrected chi connectivity index (χ1v) is 23.5. The molecular weight excluding hydrogens is 1000 g/mol. The number of aliphatic hydroxyl groups is 5. The molecule has 4 heterocycles. The molecule has 0 aromatic heterocycles. The number of aliphatic carboxylic acids is 2. The van der Waals surface area contributed by atoms with Gasteiger partial charge in [0, 0.05) is 19.8 Å². The Morgan fingerprint density at radius 2 is 1.03 bits per heavy atom. The molecular formula is C32H50N2O31S3. The number of ether oxygens (including phenoxy) is 8. The Balaban J connectivity index is 1.78. The fourth-order valence-electron chi connectivity index (χ4n) is 7.36. The lowest BCUT2D eigenvalue weighted by molar-refractivity contribution is -0.366. The predicted octanol–water partition coefficient (Wildman–Crippen LogP) is -7.31. The van der Waals surface area contributed by atoms with E-state index in [2.05, 4.69) is 29.8 Å². The fraction of sp³-hybridized carbons (Fsp3) is 0.812. The van der Waals surface area contributed by atoms with Crippen LogP contribution in [0.4, 0.5) is 0 Å². The van der Waals surface area contributed by atoms with Gasteiger partial charge in [-0.15, -0.1) is 6.58 Å². The van der Waals surface area contributed by atoms with Gasteiger partial charge in [-0.2, -0.15) is 25.3 Å². The minimum absolute atomic E-state index is 0.266. The number of amides is 2. The standard InChI is InChI=1S/C32H50N2O31S3/c1-5-6-55-29-14(33-10(3)35)21(9(2)12(58-29)7-56-66(46,47)48)60-32-20(41)18(39)24(26(64-32)28(44)45)62-30-15(34-11(4)36)23(61-31-19(40)16(37)17(38)25(63-31)27(42)43)22(65-68(52,53)54)13(59-30)8-57-67(49,50)51/h5,9,12-26,29-32,37-41H,1,6-8H2,2-4H3,(H,33,35)(H,34,36)(H,42,43)(H,44,45)(H,46,47,48)(H,49,50,51)(H,52,53,54)/t9-,12?,13?,14?,15?,16-,17?,18+,19?,20?,21-,22-,23+,24-,25?,26?,29+,30-,31+,32+/m0/s1. The maximum absolute atomic E-state index is 12.9. The zero-order valence-corrected chi connectivity index (χ0v) is 37.7. The van der Waals surface area contributed by atoms with Crippen molar-refractivity contribution in [2.24, 2.45) is 5.92 Å². The molecule has 4 aliphatic rings. The van der Waals surface area contributed by atoms with Gasteiger partial charge in [0.2, 0.25) is 11.8 Å². The van der Waals surface area contributed by atoms with Crippen molar-refractivity contribution < 1.29 is 144 Å². The molecule has 2 amide bonds. The highest BCUT2D eigenvalue weighted by atomic mass is 32.3. The van der Waals surface area contributed by atoms with E-state index < -0.39 is 191 Å². The van der Waals surface area contributed by atoms with Crippen LogP contribution in [0.5, 0.6) is 0 Å². The summed E-state index contributed by atoms with van der Waals surface area (Å²) in [5.74, 6) is -7.03. The molecule has 0 bridgehead atoms. The first-order valence-electron chi connectivity index (χ1n) is 19.4. The van der Waals surface area contributed by atoms with Crippen LogP contribution in [0.25, 0.3) is 0 Å². The van der Waals surface area contributed by atoms with Gasteiger partial charge in [0.1, 0.15) is 67.0 Å². The van der Waals surface area contributed by atoms with Gasteiger partial charge < -0.3 is 84.3 Å². The highest BCUT2D eigenvalue weighted by molar-refractivity contribution is 7.81. The van der Waals surface area contributed by atoms with E-state index in [1.54, 1.807) is 0 Å². The van der Waals surface area contributed by atoms with Crippen molar-refractivity contribution in [3.05, 3.63) is 12.7 Å². The smallest absolute Gasteiger partial charge is 0.397 e. The van der Waals surface area contributed by atoms with E-state index in [9.17, 15) is 93.8 Å². The number of carbonyl (C=O) groups excluding carboxylic acids is 2. The van der Waals surface area contributed by atoms with Gasteiger partial charge in [-0.25, -0.2) is 22.1 Å². The first-order chi connectivity index (χ1) is 31.3. The quantitative estimate of drug-likeness (QED) is 0.0375. The highest BCUT2D eigenvalue weighted by Gasteiger charge is 2.58. The van der Waals surface area contributed by atoms with Gasteiger partial charge in [-0.1, -0.05) is 13.0 Å². The third-order valence-corrected chi connectivity index (χ3v) is 11.6. The number of rotatable bonds is 21. The predicted molar refractivity (Wildman–Crippen MR) is 207 cm³/mol. The molecule has 4 fully saturated rings. The molecule has 0 aromatic carbocycles. The molecule has 0 saturated carbocycles. The zero-order chi connectivity index (χ0) is 51.4. The molecule has 4 rings (SSSR count). The molecule has 68 heavy (non-hydrogen) atoms. The molecule has 0 radical (unpaired) electrons. The molecule has 0 aromatic rings. The Morgan fingerprint density at radius 1 is 0.574 bits per heavy atom. The van der Waals surface area contributed by atoms with E-state index in [0.717, 1.165) is 13.8 Å². The maximum Gasteiger partial charge on any atom is 0.397 e. The van der Waals surface area contributed by atoms with Crippen molar-refractivity contribution in [2.75, 3.05) is 19.8 Å². The Kier molecular flexibility index (Phi) is 19.6. The SMILES string of the molecule is C=CCO[C@@H]1OC(COS(=O)(=O)O)[C@H](C)[C@H](O[C@@H]2OC(C(=O)O)[C@@H](O[C@@H]3OC(COS(=O)(=O)O)[C@H](OS(=O)(=O)O)[C@H](O[C@@H]4OC(C(=O)O)C(O)[C@H](O)C4O)C3NC(C)=O)[C@H](O)C2O)C1NC(C)=O. The van der Waals surface area contributed by atoms with Crippen LogP contribution in [0, 0.1) is 5.92 Å². The van der Waals surface area contributed by atoms with Crippen molar-refractivity contribution in [2.45, 2.75) is 137 Å². The minimum Gasteiger partial charge on any atom is -0.479 e. The molecule has 9 unspecified atom stereocenters. The second kappa shape index (κ2) is 23.3. The number of aliphatic hydroxyl groups excluding tert-OH is 5. The van der Waals surface area contributed by atoms with Crippen LogP contribution < -0.4 is 10.6 Å². The van der Waals surface area contributed by atoms with Crippen LogP contribution >= 0.6 is 0 Å². The highest BCUT2D eigenvalue weighted by Crippen LogP contribution is 2.37. The number of hydrogen-bond donors (Lipinski definition) is 12. The van der Waals surface area contributed by atoms with E-state index in [1.807, 2.05) is 0 Å². The molecule has 36 heteroatoms. The molecule has 4 saturated heterocycles. The Labute approximate surface area is 384 Å². The molecule has 20 atom stereocenters. The summed E-state index contributed by atoms with van der Waals surface area (Å²) in [4.78, 5) is 49.8. The largest absolute Gasteiger partial charge is 0.479 e. The van der Waals surface area contributed by atoms with Gasteiger partial charge >= 0.3 is 43.1 Å². The maximum atomic E-state index is 12.9. The minimum atomic E-state index is -5.77. The zero-order valence-electron chi connectivity index (χ0n) is 35.2. The lowest BCUT2D eigenvalue weighted by Gasteiger charge is -2.50. The van der Waals surface area contributed by atoms with Crippen LogP contribution in [0.3, 0.4) is 0 Å². The van der Waals surface area contributed by atoms with E-state index >= 15 is 0 Å². The Morgan fingerprint density at radius 3 is 1.51 bits per heavy atom. The second-order valence-corrected chi connectivity index (χ2v) is 18.4. The molecule has 4 aliphatic heterocycles. The van der Waals surface area contributed by atoms with Crippen molar-refractivity contribution in [3.8, 4) is 0 Å². The summed E-state index contributed by atoms with van der Waals surface area (Å²) >= 11 is 0. The summed E-state index contributed by atoms with van der Waals surface area (Å²) in [6.45, 7) is 3.92. The third kappa shape index (κ3) is 15.1. The van der Waals surface area contributed by atoms with Gasteiger partial charge in [0.25, 0.3) is 0 Å². The van der Waals surface area contributed by atoms with Crippen LogP contribution in [-0.2, 0) is 101 Å². The number of nitrogens with one attached hydrogen (secondary N) is 2. The fourth-order valence-corrected chi connectivity index (χ4v) is 8.49. The normalized spacial score (nSPS) is 39.3. The molecule has 392 valence electrons. The summed E-state index contributed by atoms with van der Waals surface area (Å²) in [6.07, 6.45) is -37.5. The van der Waals surface area contributed by atoms with Gasteiger partial charge in [0.05, 0.1) is 32.0 Å². The first kappa shape index (κ1) is 57.3. The summed E-state index contributed by atoms with van der Waals surface area (Å²) in [7, 11) is -16.4. The third-order valence-electron chi connectivity index (χ3n) is 10.3. The average Bonchev–Trinajstić information content (AvgIpc) is 3.20. The van der Waals surface area contributed by atoms with Gasteiger partial charge in [-0.3, -0.25) is 23.2 Å². The lowest BCUT2D eigenvalue weighted by atomic mass is 9.88. The molecule has 12 N–H and O–H groups in total. The lowest BCUT2D eigenvalue weighted by Crippen LogP contribution is -2.71. The van der Waals surface area contributed by atoms with Crippen LogP contribution in [0.2, 0.25) is 0 Å². The molecule has 0 aliphatic carbocycles. The number of carboxylic acids is 2. The second-order valence-electron chi connectivity index (χ2n) is 15.2. The Bertz CT molecular complexity index is 2130. The number of hydrogen-bond acceptors (Lipinski definition) is 26. The summed E-state index contributed by atoms with van der Waals surface area (Å²) in [5, 5.41) is 78.9. The van der Waals surface area contributed by atoms with Gasteiger partial charge in [0.15, 0.2) is 37.4 Å². The van der Waals surface area contributed by atoms with Crippen LogP contribution in [-0.4, -0.2) is 235 Å². The summed E-state index contributed by atoms with van der Waals surface area (Å²) in [5.41, 5.74) is 0. The van der Waals surface area contributed by atoms with E-state index in [1.165, 1.54) is 13.0 Å². The van der Waals surface area contributed by atoms with E-state index in [-0.39, 0.29) is 6.61 Å². The summed E-state index contributed by atoms with van der Waals surface area (Å²) < 4.78 is 157. The number of carboxylic acid groups (broad SMARTS) is 2. The monoisotopic (exact) mass is 1050 g/mol. The van der Waals surface area contributed by atoms with Gasteiger partial charge in [-0.05, 0) is 0 Å². The van der Waals surface area contributed by atoms with Crippen molar-refractivity contribution in [1.82, 2.24) is 10.6 Å². The van der Waals surface area contributed by atoms with Crippen LogP contribution in [0.1, 0.15) is 20.8 Å². The van der Waals surface area contributed by atoms with E-state index in [4.69, 9.17) is 37.9 Å². The number of carbonyl (C=O) groups is 4.